The standard InChI is InChI=1S/C16H18FNO2/c1-19-11-12-3-2-4-15(9-12)20-16-6-5-14(17)10-13(16)7-8-18/h2-6,9-10H,7-8,11,18H2,1H3. The Bertz CT molecular complexity index is 572. The Balaban J connectivity index is 2.22. The molecule has 3 nitrogen and oxygen atoms in total. The molecule has 2 N–H and O–H groups in total. The lowest BCUT2D eigenvalue weighted by Crippen LogP contribution is -2.04. The molecule has 0 saturated heterocycles. The Morgan fingerprint density at radius 1 is 1.15 bits per heavy atom. The van der Waals surface area contributed by atoms with Gasteiger partial charge in [0, 0.05) is 7.11 Å². The lowest BCUT2D eigenvalue weighted by Gasteiger charge is -2.11. The first-order chi connectivity index (χ1) is 9.72. The van der Waals surface area contributed by atoms with Gasteiger partial charge in [-0.2, -0.15) is 0 Å². The van der Waals surface area contributed by atoms with E-state index in [1.165, 1.54) is 12.1 Å². The molecular weight excluding hydrogens is 257 g/mol. The fourth-order valence-electron chi connectivity index (χ4n) is 1.99. The number of hydrogen-bond acceptors (Lipinski definition) is 3. The van der Waals surface area contributed by atoms with Crippen molar-refractivity contribution in [3.8, 4) is 11.5 Å². The highest BCUT2D eigenvalue weighted by molar-refractivity contribution is 5.39. The molecule has 0 amide bonds. The van der Waals surface area contributed by atoms with E-state index in [0.717, 1.165) is 11.1 Å². The van der Waals surface area contributed by atoms with Crippen molar-refractivity contribution in [3.63, 3.8) is 0 Å². The second-order valence-corrected chi connectivity index (χ2v) is 4.47. The third kappa shape index (κ3) is 3.79. The van der Waals surface area contributed by atoms with Crippen molar-refractivity contribution < 1.29 is 13.9 Å². The second-order valence-electron chi connectivity index (χ2n) is 4.47. The van der Waals surface area contributed by atoms with E-state index in [4.69, 9.17) is 15.2 Å². The van der Waals surface area contributed by atoms with Gasteiger partial charge < -0.3 is 15.2 Å². The lowest BCUT2D eigenvalue weighted by atomic mass is 10.1. The van der Waals surface area contributed by atoms with E-state index in [-0.39, 0.29) is 5.82 Å². The molecule has 4 heteroatoms. The molecule has 0 heterocycles. The third-order valence-electron chi connectivity index (χ3n) is 2.87. The summed E-state index contributed by atoms with van der Waals surface area (Å²) < 4.78 is 24.2. The highest BCUT2D eigenvalue weighted by atomic mass is 19.1. The van der Waals surface area contributed by atoms with Gasteiger partial charge in [-0.1, -0.05) is 12.1 Å². The van der Waals surface area contributed by atoms with Crippen LogP contribution in [0.5, 0.6) is 11.5 Å². The highest BCUT2D eigenvalue weighted by Crippen LogP contribution is 2.27. The first-order valence-corrected chi connectivity index (χ1v) is 6.47. The molecule has 20 heavy (non-hydrogen) atoms. The van der Waals surface area contributed by atoms with Crippen molar-refractivity contribution in [1.29, 1.82) is 0 Å². The fourth-order valence-corrected chi connectivity index (χ4v) is 1.99. The quantitative estimate of drug-likeness (QED) is 0.880. The first-order valence-electron chi connectivity index (χ1n) is 6.47. The molecule has 0 bridgehead atoms. The van der Waals surface area contributed by atoms with Gasteiger partial charge in [0.15, 0.2) is 0 Å². The van der Waals surface area contributed by atoms with Crippen LogP contribution in [-0.4, -0.2) is 13.7 Å². The van der Waals surface area contributed by atoms with Crippen LogP contribution in [0.1, 0.15) is 11.1 Å². The van der Waals surface area contributed by atoms with Gasteiger partial charge >= 0.3 is 0 Å². The summed E-state index contributed by atoms with van der Waals surface area (Å²) in [6.07, 6.45) is 0.574. The number of methoxy groups -OCH3 is 1. The van der Waals surface area contributed by atoms with E-state index in [9.17, 15) is 4.39 Å². The molecule has 0 aliphatic carbocycles. The molecule has 2 aromatic rings. The molecule has 2 rings (SSSR count). The molecule has 0 aromatic heterocycles. The van der Waals surface area contributed by atoms with Crippen LogP contribution < -0.4 is 10.5 Å². The summed E-state index contributed by atoms with van der Waals surface area (Å²) in [4.78, 5) is 0. The van der Waals surface area contributed by atoms with Crippen LogP contribution in [0, 0.1) is 5.82 Å². The minimum Gasteiger partial charge on any atom is -0.457 e. The van der Waals surface area contributed by atoms with Crippen molar-refractivity contribution in [2.24, 2.45) is 5.73 Å². The van der Waals surface area contributed by atoms with Crippen LogP contribution in [0.15, 0.2) is 42.5 Å². The van der Waals surface area contributed by atoms with Crippen LogP contribution in [-0.2, 0) is 17.8 Å². The number of ether oxygens (including phenoxy) is 2. The fraction of sp³-hybridized carbons (Fsp3) is 0.250. The summed E-state index contributed by atoms with van der Waals surface area (Å²) in [6, 6.07) is 12.1. The summed E-state index contributed by atoms with van der Waals surface area (Å²) in [6.45, 7) is 0.972. The zero-order valence-corrected chi connectivity index (χ0v) is 11.4. The Morgan fingerprint density at radius 3 is 2.75 bits per heavy atom. The molecule has 0 spiro atoms. The predicted molar refractivity (Wildman–Crippen MR) is 76.4 cm³/mol. The van der Waals surface area contributed by atoms with Gasteiger partial charge in [-0.25, -0.2) is 4.39 Å². The maximum Gasteiger partial charge on any atom is 0.130 e. The van der Waals surface area contributed by atoms with Crippen molar-refractivity contribution in [2.75, 3.05) is 13.7 Å². The van der Waals surface area contributed by atoms with Gasteiger partial charge in [0.05, 0.1) is 6.61 Å². The molecule has 0 aliphatic heterocycles. The Morgan fingerprint density at radius 2 is 2.00 bits per heavy atom. The van der Waals surface area contributed by atoms with E-state index in [1.807, 2.05) is 24.3 Å². The molecule has 0 fully saturated rings. The average Bonchev–Trinajstić information content (AvgIpc) is 2.43. The molecule has 0 aliphatic rings. The molecule has 0 atom stereocenters. The molecule has 2 aromatic carbocycles. The summed E-state index contributed by atoms with van der Waals surface area (Å²) in [7, 11) is 1.65. The van der Waals surface area contributed by atoms with Crippen molar-refractivity contribution in [3.05, 3.63) is 59.4 Å². The van der Waals surface area contributed by atoms with Crippen molar-refractivity contribution in [1.82, 2.24) is 0 Å². The summed E-state index contributed by atoms with van der Waals surface area (Å²) in [5.41, 5.74) is 7.33. The first kappa shape index (κ1) is 14.5. The monoisotopic (exact) mass is 275 g/mol. The topological polar surface area (TPSA) is 44.5 Å². The molecule has 0 saturated carbocycles. The number of hydrogen-bond donors (Lipinski definition) is 1. The third-order valence-corrected chi connectivity index (χ3v) is 2.87. The number of rotatable bonds is 6. The van der Waals surface area contributed by atoms with Gasteiger partial charge in [-0.3, -0.25) is 0 Å². The van der Waals surface area contributed by atoms with E-state index in [0.29, 0.717) is 31.1 Å². The average molecular weight is 275 g/mol. The van der Waals surface area contributed by atoms with Crippen LogP contribution in [0.2, 0.25) is 0 Å². The predicted octanol–water partition coefficient (Wildman–Crippen LogP) is 3.27. The Kier molecular flexibility index (Phi) is 5.09. The lowest BCUT2D eigenvalue weighted by molar-refractivity contribution is 0.184. The van der Waals surface area contributed by atoms with E-state index >= 15 is 0 Å². The minimum absolute atomic E-state index is 0.283. The van der Waals surface area contributed by atoms with E-state index in [2.05, 4.69) is 0 Å². The largest absolute Gasteiger partial charge is 0.457 e. The van der Waals surface area contributed by atoms with Crippen LogP contribution in [0.4, 0.5) is 4.39 Å². The van der Waals surface area contributed by atoms with Crippen LogP contribution in [0.25, 0.3) is 0 Å². The maximum atomic E-state index is 13.3. The normalized spacial score (nSPS) is 10.6. The number of nitrogens with two attached hydrogens (primary N) is 1. The molecule has 0 radical (unpaired) electrons. The minimum atomic E-state index is -0.283. The van der Waals surface area contributed by atoms with E-state index in [1.54, 1.807) is 13.2 Å². The number of benzene rings is 2. The van der Waals surface area contributed by atoms with Crippen molar-refractivity contribution >= 4 is 0 Å². The summed E-state index contributed by atoms with van der Waals surface area (Å²) in [5, 5.41) is 0. The van der Waals surface area contributed by atoms with Gasteiger partial charge in [0.25, 0.3) is 0 Å². The molecule has 0 unspecified atom stereocenters. The van der Waals surface area contributed by atoms with Crippen LogP contribution >= 0.6 is 0 Å². The van der Waals surface area contributed by atoms with Gasteiger partial charge in [0.2, 0.25) is 0 Å². The Hall–Kier alpha value is -1.91. The van der Waals surface area contributed by atoms with Gasteiger partial charge in [0.1, 0.15) is 17.3 Å². The number of halogens is 1. The zero-order valence-electron chi connectivity index (χ0n) is 11.4. The van der Waals surface area contributed by atoms with Gasteiger partial charge in [-0.15, -0.1) is 0 Å². The summed E-state index contributed by atoms with van der Waals surface area (Å²) in [5.74, 6) is 1.05. The molecule has 106 valence electrons. The zero-order chi connectivity index (χ0) is 14.4. The highest BCUT2D eigenvalue weighted by Gasteiger charge is 2.07. The van der Waals surface area contributed by atoms with E-state index < -0.39 is 0 Å². The second kappa shape index (κ2) is 7.03. The summed E-state index contributed by atoms with van der Waals surface area (Å²) >= 11 is 0. The maximum absolute atomic E-state index is 13.3. The SMILES string of the molecule is COCc1cccc(Oc2ccc(F)cc2CCN)c1. The van der Waals surface area contributed by atoms with Gasteiger partial charge in [-0.05, 0) is 54.4 Å². The molecular formula is C16H18FNO2. The van der Waals surface area contributed by atoms with Crippen LogP contribution in [0.3, 0.4) is 0 Å². The van der Waals surface area contributed by atoms with Crippen molar-refractivity contribution in [2.45, 2.75) is 13.0 Å². The smallest absolute Gasteiger partial charge is 0.130 e. The Labute approximate surface area is 118 Å².